The number of benzene rings is 1. The Hall–Kier alpha value is -1.98. The predicted octanol–water partition coefficient (Wildman–Crippen LogP) is 3.41. The van der Waals surface area contributed by atoms with E-state index in [-0.39, 0.29) is 11.3 Å². The SMILES string of the molecule is Nc1cc(C(=O)O)cnc1Nc1c(Cl)cccc1Cl. The van der Waals surface area contributed by atoms with Crippen LogP contribution < -0.4 is 11.1 Å². The number of halogens is 2. The van der Waals surface area contributed by atoms with Crippen LogP contribution in [-0.2, 0) is 0 Å². The Morgan fingerprint density at radius 1 is 1.32 bits per heavy atom. The van der Waals surface area contributed by atoms with E-state index >= 15 is 0 Å². The van der Waals surface area contributed by atoms with Crippen LogP contribution in [-0.4, -0.2) is 16.1 Å². The van der Waals surface area contributed by atoms with E-state index in [2.05, 4.69) is 10.3 Å². The van der Waals surface area contributed by atoms with E-state index in [1.54, 1.807) is 18.2 Å². The van der Waals surface area contributed by atoms with Gasteiger partial charge in [-0.2, -0.15) is 0 Å². The minimum Gasteiger partial charge on any atom is -0.478 e. The molecule has 7 heteroatoms. The third-order valence-electron chi connectivity index (χ3n) is 2.37. The van der Waals surface area contributed by atoms with Crippen molar-refractivity contribution in [1.82, 2.24) is 4.98 Å². The van der Waals surface area contributed by atoms with Gasteiger partial charge in [0, 0.05) is 6.20 Å². The molecule has 0 bridgehead atoms. The Balaban J connectivity index is 2.36. The number of carboxylic acids is 1. The first-order valence-electron chi connectivity index (χ1n) is 5.19. The molecular formula is C12H9Cl2N3O2. The summed E-state index contributed by atoms with van der Waals surface area (Å²) in [5.74, 6) is -0.804. The number of hydrogen-bond acceptors (Lipinski definition) is 4. The van der Waals surface area contributed by atoms with Gasteiger partial charge in [-0.1, -0.05) is 29.3 Å². The maximum absolute atomic E-state index is 10.8. The smallest absolute Gasteiger partial charge is 0.337 e. The first-order valence-corrected chi connectivity index (χ1v) is 5.94. The molecule has 0 aliphatic heterocycles. The number of nitrogen functional groups attached to an aromatic ring is 1. The number of aromatic nitrogens is 1. The van der Waals surface area contributed by atoms with Gasteiger partial charge in [0.1, 0.15) is 0 Å². The molecule has 0 fully saturated rings. The van der Waals surface area contributed by atoms with E-state index in [9.17, 15) is 4.79 Å². The zero-order valence-electron chi connectivity index (χ0n) is 9.52. The van der Waals surface area contributed by atoms with E-state index in [1.807, 2.05) is 0 Å². The lowest BCUT2D eigenvalue weighted by Gasteiger charge is -2.11. The first-order chi connectivity index (χ1) is 8.99. The summed E-state index contributed by atoms with van der Waals surface area (Å²) >= 11 is 12.0. The highest BCUT2D eigenvalue weighted by Crippen LogP contribution is 2.33. The molecule has 0 unspecified atom stereocenters. The van der Waals surface area contributed by atoms with Crippen molar-refractivity contribution in [3.8, 4) is 0 Å². The molecule has 1 heterocycles. The second kappa shape index (κ2) is 5.34. The van der Waals surface area contributed by atoms with Crippen LogP contribution in [0.2, 0.25) is 10.0 Å². The van der Waals surface area contributed by atoms with Crippen LogP contribution in [0.15, 0.2) is 30.5 Å². The monoisotopic (exact) mass is 297 g/mol. The molecular weight excluding hydrogens is 289 g/mol. The molecule has 0 radical (unpaired) electrons. The van der Waals surface area contributed by atoms with Gasteiger partial charge in [0.15, 0.2) is 5.82 Å². The summed E-state index contributed by atoms with van der Waals surface area (Å²) in [6.07, 6.45) is 1.20. The molecule has 0 spiro atoms. The number of carboxylic acid groups (broad SMARTS) is 1. The maximum Gasteiger partial charge on any atom is 0.337 e. The van der Waals surface area contributed by atoms with Crippen molar-refractivity contribution in [2.45, 2.75) is 0 Å². The van der Waals surface area contributed by atoms with E-state index in [0.29, 0.717) is 21.6 Å². The largest absolute Gasteiger partial charge is 0.478 e. The molecule has 0 saturated carbocycles. The van der Waals surface area contributed by atoms with Crippen LogP contribution in [0.1, 0.15) is 10.4 Å². The maximum atomic E-state index is 10.8. The molecule has 5 nitrogen and oxygen atoms in total. The number of para-hydroxylation sites is 1. The summed E-state index contributed by atoms with van der Waals surface area (Å²) in [5, 5.41) is 12.5. The number of nitrogens with two attached hydrogens (primary N) is 1. The van der Waals surface area contributed by atoms with Gasteiger partial charge in [0.2, 0.25) is 0 Å². The minimum absolute atomic E-state index is 0.00769. The Morgan fingerprint density at radius 2 is 1.95 bits per heavy atom. The highest BCUT2D eigenvalue weighted by Gasteiger charge is 2.11. The zero-order chi connectivity index (χ0) is 14.0. The fourth-order valence-electron chi connectivity index (χ4n) is 1.44. The third-order valence-corrected chi connectivity index (χ3v) is 3.00. The van der Waals surface area contributed by atoms with Gasteiger partial charge in [-0.15, -0.1) is 0 Å². The van der Waals surface area contributed by atoms with E-state index in [0.717, 1.165) is 0 Å². The van der Waals surface area contributed by atoms with Crippen LogP contribution in [0.25, 0.3) is 0 Å². The topological polar surface area (TPSA) is 88.2 Å². The van der Waals surface area contributed by atoms with Crippen molar-refractivity contribution in [3.05, 3.63) is 46.1 Å². The molecule has 2 aromatic rings. The number of nitrogens with one attached hydrogen (secondary N) is 1. The average molecular weight is 298 g/mol. The normalized spacial score (nSPS) is 10.2. The summed E-state index contributed by atoms with van der Waals surface area (Å²) in [4.78, 5) is 14.7. The summed E-state index contributed by atoms with van der Waals surface area (Å²) < 4.78 is 0. The molecule has 0 saturated heterocycles. The second-order valence-electron chi connectivity index (χ2n) is 3.69. The standard InChI is InChI=1S/C12H9Cl2N3O2/c13-7-2-1-3-8(14)10(7)17-11-9(15)4-6(5-16-11)12(18)19/h1-5H,15H2,(H,16,17)(H,18,19). The van der Waals surface area contributed by atoms with Crippen molar-refractivity contribution in [2.75, 3.05) is 11.1 Å². The second-order valence-corrected chi connectivity index (χ2v) is 4.50. The van der Waals surface area contributed by atoms with Gasteiger partial charge in [0.05, 0.1) is 27.0 Å². The van der Waals surface area contributed by atoms with Gasteiger partial charge in [-0.3, -0.25) is 0 Å². The van der Waals surface area contributed by atoms with Gasteiger partial charge >= 0.3 is 5.97 Å². The Morgan fingerprint density at radius 3 is 2.47 bits per heavy atom. The van der Waals surface area contributed by atoms with Gasteiger partial charge < -0.3 is 16.2 Å². The summed E-state index contributed by atoms with van der Waals surface area (Å²) in [6.45, 7) is 0. The molecule has 4 N–H and O–H groups in total. The number of carbonyl (C=O) groups is 1. The fourth-order valence-corrected chi connectivity index (χ4v) is 1.93. The van der Waals surface area contributed by atoms with Crippen molar-refractivity contribution in [2.24, 2.45) is 0 Å². The van der Waals surface area contributed by atoms with Crippen molar-refractivity contribution in [3.63, 3.8) is 0 Å². The van der Waals surface area contributed by atoms with Crippen molar-refractivity contribution >= 4 is 46.4 Å². The number of anilines is 3. The Labute approximate surface area is 119 Å². The molecule has 0 aliphatic carbocycles. The molecule has 0 amide bonds. The summed E-state index contributed by atoms with van der Waals surface area (Å²) in [7, 11) is 0. The molecule has 0 aliphatic rings. The van der Waals surface area contributed by atoms with Crippen molar-refractivity contribution < 1.29 is 9.90 Å². The lowest BCUT2D eigenvalue weighted by molar-refractivity contribution is 0.0696. The lowest BCUT2D eigenvalue weighted by atomic mass is 10.2. The quantitative estimate of drug-likeness (QED) is 0.808. The third kappa shape index (κ3) is 2.89. The number of rotatable bonds is 3. The van der Waals surface area contributed by atoms with Crippen LogP contribution in [0.4, 0.5) is 17.2 Å². The molecule has 19 heavy (non-hydrogen) atoms. The van der Waals surface area contributed by atoms with E-state index < -0.39 is 5.97 Å². The highest BCUT2D eigenvalue weighted by molar-refractivity contribution is 6.39. The predicted molar refractivity (Wildman–Crippen MR) is 75.4 cm³/mol. The average Bonchev–Trinajstić information content (AvgIpc) is 2.35. The molecule has 2 rings (SSSR count). The number of nitrogens with zero attached hydrogens (tertiary/aromatic N) is 1. The Kier molecular flexibility index (Phi) is 3.78. The lowest BCUT2D eigenvalue weighted by Crippen LogP contribution is -2.04. The molecule has 98 valence electrons. The van der Waals surface area contributed by atoms with Crippen LogP contribution in [0, 0.1) is 0 Å². The number of pyridine rings is 1. The number of hydrogen-bond donors (Lipinski definition) is 3. The minimum atomic E-state index is -1.10. The molecule has 1 aromatic carbocycles. The first kappa shape index (κ1) is 13.5. The van der Waals surface area contributed by atoms with Gasteiger partial charge in [-0.05, 0) is 18.2 Å². The van der Waals surface area contributed by atoms with Gasteiger partial charge in [0.25, 0.3) is 0 Å². The zero-order valence-corrected chi connectivity index (χ0v) is 11.0. The van der Waals surface area contributed by atoms with Crippen LogP contribution in [0.3, 0.4) is 0 Å². The van der Waals surface area contributed by atoms with E-state index in [4.69, 9.17) is 34.0 Å². The highest BCUT2D eigenvalue weighted by atomic mass is 35.5. The summed E-state index contributed by atoms with van der Waals surface area (Å²) in [6, 6.07) is 6.34. The fraction of sp³-hybridized carbons (Fsp3) is 0. The van der Waals surface area contributed by atoms with Crippen LogP contribution >= 0.6 is 23.2 Å². The van der Waals surface area contributed by atoms with E-state index in [1.165, 1.54) is 12.3 Å². The number of aromatic carboxylic acids is 1. The summed E-state index contributed by atoms with van der Waals surface area (Å²) in [5.41, 5.74) is 6.40. The van der Waals surface area contributed by atoms with Crippen molar-refractivity contribution in [1.29, 1.82) is 0 Å². The molecule has 1 aromatic heterocycles. The van der Waals surface area contributed by atoms with Gasteiger partial charge in [-0.25, -0.2) is 9.78 Å². The van der Waals surface area contributed by atoms with Crippen LogP contribution in [0.5, 0.6) is 0 Å². The molecule has 0 atom stereocenters. The Bertz CT molecular complexity index is 627.